The number of rotatable bonds is 10. The predicted molar refractivity (Wildman–Crippen MR) is 136 cm³/mol. The average Bonchev–Trinajstić information content (AvgIpc) is 2.84. The molecule has 7 nitrogen and oxygen atoms in total. The van der Waals surface area contributed by atoms with Gasteiger partial charge in [0.2, 0.25) is 0 Å². The van der Waals surface area contributed by atoms with Crippen LogP contribution in [-0.2, 0) is 11.2 Å². The van der Waals surface area contributed by atoms with Gasteiger partial charge in [-0.25, -0.2) is 10.2 Å². The first-order valence-corrected chi connectivity index (χ1v) is 11.1. The Hall–Kier alpha value is -3.81. The number of hydrogen-bond donors (Lipinski definition) is 1. The normalized spacial score (nSPS) is 10.6. The molecule has 1 amide bonds. The number of carbonyl (C=O) groups excluding carboxylic acids is 2. The minimum atomic E-state index is -0.604. The van der Waals surface area contributed by atoms with Crippen molar-refractivity contribution in [2.24, 2.45) is 5.10 Å². The number of allylic oxidation sites excluding steroid dienone is 1. The van der Waals surface area contributed by atoms with E-state index in [1.165, 1.54) is 25.5 Å². The SMILES string of the molecule is C=CCc1ccc(OCC(=O)N/N=C/c2ccc(OC(=O)c3ccc(Cl)cc3Cl)cc2)c(OC)c1. The second kappa shape index (κ2) is 12.6. The molecule has 3 aromatic rings. The van der Waals surface area contributed by atoms with Crippen molar-refractivity contribution in [1.29, 1.82) is 0 Å². The topological polar surface area (TPSA) is 86.2 Å². The Morgan fingerprint density at radius 1 is 1.03 bits per heavy atom. The van der Waals surface area contributed by atoms with Crippen molar-refractivity contribution in [3.8, 4) is 17.2 Å². The number of hydrazone groups is 1. The van der Waals surface area contributed by atoms with Crippen LogP contribution in [0.1, 0.15) is 21.5 Å². The van der Waals surface area contributed by atoms with Crippen molar-refractivity contribution in [3.63, 3.8) is 0 Å². The van der Waals surface area contributed by atoms with E-state index in [9.17, 15) is 9.59 Å². The van der Waals surface area contributed by atoms with E-state index >= 15 is 0 Å². The maximum Gasteiger partial charge on any atom is 0.345 e. The first kappa shape index (κ1) is 25.8. The number of hydrogen-bond acceptors (Lipinski definition) is 6. The van der Waals surface area contributed by atoms with Crippen LogP contribution in [0, 0.1) is 0 Å². The van der Waals surface area contributed by atoms with Gasteiger partial charge in [-0.15, -0.1) is 6.58 Å². The summed E-state index contributed by atoms with van der Waals surface area (Å²) in [5.41, 5.74) is 4.29. The lowest BCUT2D eigenvalue weighted by molar-refractivity contribution is -0.123. The number of esters is 1. The van der Waals surface area contributed by atoms with Crippen LogP contribution in [-0.4, -0.2) is 31.8 Å². The van der Waals surface area contributed by atoms with Gasteiger partial charge in [0.05, 0.1) is 23.9 Å². The molecule has 1 N–H and O–H groups in total. The van der Waals surface area contributed by atoms with Crippen molar-refractivity contribution in [2.45, 2.75) is 6.42 Å². The third kappa shape index (κ3) is 7.60. The van der Waals surface area contributed by atoms with Crippen molar-refractivity contribution < 1.29 is 23.8 Å². The molecule has 0 aliphatic rings. The molecule has 0 bridgehead atoms. The Labute approximate surface area is 212 Å². The lowest BCUT2D eigenvalue weighted by atomic mass is 10.1. The van der Waals surface area contributed by atoms with Crippen LogP contribution >= 0.6 is 23.2 Å². The third-order valence-electron chi connectivity index (χ3n) is 4.61. The average molecular weight is 513 g/mol. The van der Waals surface area contributed by atoms with E-state index in [-0.39, 0.29) is 17.2 Å². The molecule has 0 aliphatic heterocycles. The summed E-state index contributed by atoms with van der Waals surface area (Å²) in [5, 5.41) is 4.53. The van der Waals surface area contributed by atoms with Crippen LogP contribution in [0.4, 0.5) is 0 Å². The fraction of sp³-hybridized carbons (Fsp3) is 0.115. The van der Waals surface area contributed by atoms with E-state index in [1.807, 2.05) is 12.1 Å². The number of carbonyl (C=O) groups is 2. The van der Waals surface area contributed by atoms with E-state index in [2.05, 4.69) is 17.1 Å². The number of benzene rings is 3. The standard InChI is InChI=1S/C26H22Cl2N2O5/c1-3-4-17-7-12-23(24(13-17)33-2)34-16-25(31)30-29-15-18-5-9-20(10-6-18)35-26(32)21-11-8-19(27)14-22(21)28/h3,5-15H,1,4,16H2,2H3,(H,30,31)/b29-15+. The van der Waals surface area contributed by atoms with Crippen LogP contribution in [0.3, 0.4) is 0 Å². The molecule has 0 heterocycles. The maximum atomic E-state index is 12.3. The molecule has 35 heavy (non-hydrogen) atoms. The Bertz CT molecular complexity index is 1240. The van der Waals surface area contributed by atoms with Crippen molar-refractivity contribution in [2.75, 3.05) is 13.7 Å². The Kier molecular flexibility index (Phi) is 9.29. The molecule has 180 valence electrons. The lowest BCUT2D eigenvalue weighted by Crippen LogP contribution is -2.24. The van der Waals surface area contributed by atoms with Crippen LogP contribution in [0.25, 0.3) is 0 Å². The largest absolute Gasteiger partial charge is 0.493 e. The summed E-state index contributed by atoms with van der Waals surface area (Å²) in [6.07, 6.45) is 3.94. The Morgan fingerprint density at radius 3 is 2.49 bits per heavy atom. The molecular formula is C26H22Cl2N2O5. The van der Waals surface area contributed by atoms with Gasteiger partial charge in [0, 0.05) is 5.02 Å². The summed E-state index contributed by atoms with van der Waals surface area (Å²) in [6.45, 7) is 3.47. The van der Waals surface area contributed by atoms with Gasteiger partial charge < -0.3 is 14.2 Å². The molecule has 0 saturated heterocycles. The molecule has 9 heteroatoms. The van der Waals surface area contributed by atoms with Gasteiger partial charge in [0.25, 0.3) is 5.91 Å². The summed E-state index contributed by atoms with van der Waals surface area (Å²) in [7, 11) is 1.53. The minimum Gasteiger partial charge on any atom is -0.493 e. The summed E-state index contributed by atoms with van der Waals surface area (Å²) < 4.78 is 16.2. The number of amides is 1. The third-order valence-corrected chi connectivity index (χ3v) is 5.16. The lowest BCUT2D eigenvalue weighted by Gasteiger charge is -2.11. The second-order valence-corrected chi connectivity index (χ2v) is 7.99. The number of methoxy groups -OCH3 is 1. The molecule has 0 spiro atoms. The van der Waals surface area contributed by atoms with Crippen LogP contribution in [0.15, 0.2) is 78.4 Å². The van der Waals surface area contributed by atoms with E-state index in [0.29, 0.717) is 34.3 Å². The molecule has 0 aromatic heterocycles. The smallest absolute Gasteiger partial charge is 0.345 e. The number of halogens is 2. The maximum absolute atomic E-state index is 12.3. The second-order valence-electron chi connectivity index (χ2n) is 7.14. The minimum absolute atomic E-state index is 0.203. The molecule has 3 rings (SSSR count). The fourth-order valence-corrected chi connectivity index (χ4v) is 3.40. The van der Waals surface area contributed by atoms with Crippen molar-refractivity contribution in [3.05, 3.63) is 100 Å². The zero-order chi connectivity index (χ0) is 25.2. The quantitative estimate of drug-likeness (QED) is 0.128. The summed E-state index contributed by atoms with van der Waals surface area (Å²) >= 11 is 11.9. The zero-order valence-corrected chi connectivity index (χ0v) is 20.3. The fourth-order valence-electron chi connectivity index (χ4n) is 2.92. The molecule has 0 saturated carbocycles. The van der Waals surface area contributed by atoms with Gasteiger partial charge in [-0.1, -0.05) is 35.3 Å². The summed E-state index contributed by atoms with van der Waals surface area (Å²) in [4.78, 5) is 24.3. The van der Waals surface area contributed by atoms with Gasteiger partial charge in [-0.3, -0.25) is 4.79 Å². The van der Waals surface area contributed by atoms with Gasteiger partial charge in [0.15, 0.2) is 18.1 Å². The summed E-state index contributed by atoms with van der Waals surface area (Å²) in [6, 6.07) is 16.5. The van der Waals surface area contributed by atoms with Crippen LogP contribution in [0.5, 0.6) is 17.2 Å². The Morgan fingerprint density at radius 2 is 1.80 bits per heavy atom. The van der Waals surface area contributed by atoms with E-state index < -0.39 is 11.9 Å². The van der Waals surface area contributed by atoms with Gasteiger partial charge in [-0.05, 0) is 72.1 Å². The van der Waals surface area contributed by atoms with Gasteiger partial charge in [0.1, 0.15) is 5.75 Å². The molecular weight excluding hydrogens is 491 g/mol. The Balaban J connectivity index is 1.49. The van der Waals surface area contributed by atoms with Crippen LogP contribution < -0.4 is 19.6 Å². The van der Waals surface area contributed by atoms with Crippen LogP contribution in [0.2, 0.25) is 10.0 Å². The monoisotopic (exact) mass is 512 g/mol. The highest BCUT2D eigenvalue weighted by Gasteiger charge is 2.13. The van der Waals surface area contributed by atoms with Gasteiger partial charge in [-0.2, -0.15) is 5.10 Å². The summed E-state index contributed by atoms with van der Waals surface area (Å²) in [5.74, 6) is 0.254. The predicted octanol–water partition coefficient (Wildman–Crippen LogP) is 5.48. The van der Waals surface area contributed by atoms with E-state index in [1.54, 1.807) is 42.5 Å². The molecule has 0 atom stereocenters. The highest BCUT2D eigenvalue weighted by Crippen LogP contribution is 2.28. The molecule has 3 aromatic carbocycles. The van der Waals surface area contributed by atoms with Gasteiger partial charge >= 0.3 is 5.97 Å². The molecule has 0 unspecified atom stereocenters. The van der Waals surface area contributed by atoms with E-state index in [0.717, 1.165) is 5.56 Å². The van der Waals surface area contributed by atoms with Crippen molar-refractivity contribution in [1.82, 2.24) is 5.43 Å². The van der Waals surface area contributed by atoms with E-state index in [4.69, 9.17) is 37.4 Å². The number of nitrogens with one attached hydrogen (secondary N) is 1. The first-order chi connectivity index (χ1) is 16.9. The first-order valence-electron chi connectivity index (χ1n) is 10.4. The number of nitrogens with zero attached hydrogens (tertiary/aromatic N) is 1. The molecule has 0 radical (unpaired) electrons. The van der Waals surface area contributed by atoms with Crippen molar-refractivity contribution >= 4 is 41.3 Å². The highest BCUT2D eigenvalue weighted by atomic mass is 35.5. The zero-order valence-electron chi connectivity index (χ0n) is 18.8. The highest BCUT2D eigenvalue weighted by molar-refractivity contribution is 6.36. The molecule has 0 fully saturated rings. The molecule has 0 aliphatic carbocycles. The number of ether oxygens (including phenoxy) is 3.